The van der Waals surface area contributed by atoms with E-state index in [0.29, 0.717) is 0 Å². The van der Waals surface area contributed by atoms with Crippen LogP contribution < -0.4 is 5.32 Å². The van der Waals surface area contributed by atoms with E-state index in [1.54, 1.807) is 17.4 Å². The van der Waals surface area contributed by atoms with Crippen LogP contribution in [0.25, 0.3) is 0 Å². The van der Waals surface area contributed by atoms with Gasteiger partial charge < -0.3 is 5.32 Å². The molecule has 2 rings (SSSR count). The van der Waals surface area contributed by atoms with Crippen LogP contribution in [0.15, 0.2) is 24.3 Å². The molecule has 18 heavy (non-hydrogen) atoms. The molecule has 0 spiro atoms. The number of aryl methyl sites for hydroxylation is 1. The maximum absolute atomic E-state index is 13.1. The van der Waals surface area contributed by atoms with Crippen LogP contribution in [-0.4, -0.2) is 7.05 Å². The number of benzene rings is 1. The van der Waals surface area contributed by atoms with E-state index in [4.69, 9.17) is 11.6 Å². The van der Waals surface area contributed by atoms with Crippen LogP contribution in [0.5, 0.6) is 0 Å². The Kier molecular flexibility index (Phi) is 4.64. The molecule has 0 aliphatic carbocycles. The fraction of sp³-hybridized carbons (Fsp3) is 0.231. The first-order chi connectivity index (χ1) is 8.52. The summed E-state index contributed by atoms with van der Waals surface area (Å²) >= 11 is 9.83. The minimum Gasteiger partial charge on any atom is -0.309 e. The van der Waals surface area contributed by atoms with Gasteiger partial charge in [-0.15, -0.1) is 11.3 Å². The Morgan fingerprint density at radius 3 is 2.61 bits per heavy atom. The summed E-state index contributed by atoms with van der Waals surface area (Å²) in [4.78, 5) is 1.14. The van der Waals surface area contributed by atoms with Gasteiger partial charge in [0.2, 0.25) is 0 Å². The van der Waals surface area contributed by atoms with E-state index < -0.39 is 0 Å². The minimum atomic E-state index is -0.210. The van der Waals surface area contributed by atoms with Crippen LogP contribution in [-0.2, 0) is 0 Å². The molecule has 1 N–H and O–H groups in total. The van der Waals surface area contributed by atoms with Gasteiger partial charge in [0, 0.05) is 8.45 Å². The highest BCUT2D eigenvalue weighted by Crippen LogP contribution is 2.35. The number of halogens is 3. The van der Waals surface area contributed by atoms with Gasteiger partial charge in [-0.25, -0.2) is 4.39 Å². The standard InChI is InChI=1S/C13H12ClFINS/c1-7-5-11(18-13(7)14)12(17-2)9-4-3-8(15)6-10(9)16/h3-6,12,17H,1-2H3. The molecule has 1 heterocycles. The number of hydrogen-bond donors (Lipinski definition) is 1. The Morgan fingerprint density at radius 1 is 1.39 bits per heavy atom. The molecule has 5 heteroatoms. The summed E-state index contributed by atoms with van der Waals surface area (Å²) in [5.74, 6) is -0.210. The van der Waals surface area contributed by atoms with Crippen LogP contribution >= 0.6 is 45.5 Å². The summed E-state index contributed by atoms with van der Waals surface area (Å²) in [6.45, 7) is 1.99. The average Bonchev–Trinajstić information content (AvgIpc) is 2.63. The Balaban J connectivity index is 2.45. The average molecular weight is 396 g/mol. The lowest BCUT2D eigenvalue weighted by atomic mass is 10.1. The molecule has 1 aromatic heterocycles. The topological polar surface area (TPSA) is 12.0 Å². The third-order valence-corrected chi connectivity index (χ3v) is 5.28. The molecule has 96 valence electrons. The molecule has 0 saturated carbocycles. The second kappa shape index (κ2) is 5.86. The predicted molar refractivity (Wildman–Crippen MR) is 84.1 cm³/mol. The highest BCUT2D eigenvalue weighted by atomic mass is 127. The molecule has 0 saturated heterocycles. The van der Waals surface area contributed by atoms with E-state index in [0.717, 1.165) is 23.9 Å². The second-order valence-corrected chi connectivity index (χ2v) is 6.84. The molecule has 0 bridgehead atoms. The van der Waals surface area contributed by atoms with Gasteiger partial charge >= 0.3 is 0 Å². The van der Waals surface area contributed by atoms with Gasteiger partial charge in [-0.2, -0.15) is 0 Å². The van der Waals surface area contributed by atoms with Crippen LogP contribution in [0.1, 0.15) is 22.0 Å². The van der Waals surface area contributed by atoms with E-state index in [2.05, 4.69) is 34.0 Å². The van der Waals surface area contributed by atoms with Crippen molar-refractivity contribution in [1.82, 2.24) is 5.32 Å². The second-order valence-electron chi connectivity index (χ2n) is 3.99. The first-order valence-electron chi connectivity index (χ1n) is 5.41. The normalized spacial score (nSPS) is 12.7. The zero-order valence-electron chi connectivity index (χ0n) is 9.93. The van der Waals surface area contributed by atoms with Gasteiger partial charge in [0.15, 0.2) is 0 Å². The summed E-state index contributed by atoms with van der Waals surface area (Å²) in [6, 6.07) is 6.98. The highest BCUT2D eigenvalue weighted by Gasteiger charge is 2.18. The van der Waals surface area contributed by atoms with Crippen LogP contribution in [0.3, 0.4) is 0 Å². The van der Waals surface area contributed by atoms with Crippen molar-refractivity contribution < 1.29 is 4.39 Å². The third-order valence-electron chi connectivity index (χ3n) is 2.72. The Labute approximate surface area is 129 Å². The van der Waals surface area contributed by atoms with Gasteiger partial charge in [-0.1, -0.05) is 17.7 Å². The summed E-state index contributed by atoms with van der Waals surface area (Å²) in [5, 5.41) is 3.26. The zero-order valence-corrected chi connectivity index (χ0v) is 13.7. The maximum atomic E-state index is 13.1. The molecule has 1 unspecified atom stereocenters. The maximum Gasteiger partial charge on any atom is 0.124 e. The van der Waals surface area contributed by atoms with Crippen molar-refractivity contribution >= 4 is 45.5 Å². The van der Waals surface area contributed by atoms with E-state index in [1.807, 2.05) is 20.0 Å². The molecule has 0 aliphatic heterocycles. The van der Waals surface area contributed by atoms with Crippen molar-refractivity contribution in [3.8, 4) is 0 Å². The summed E-state index contributed by atoms with van der Waals surface area (Å²) < 4.78 is 14.9. The molecule has 1 nitrogen and oxygen atoms in total. The zero-order chi connectivity index (χ0) is 13.3. The van der Waals surface area contributed by atoms with E-state index in [9.17, 15) is 4.39 Å². The highest BCUT2D eigenvalue weighted by molar-refractivity contribution is 14.1. The Hall–Kier alpha value is -0.170. The van der Waals surface area contributed by atoms with Crippen molar-refractivity contribution in [1.29, 1.82) is 0 Å². The Morgan fingerprint density at radius 2 is 2.11 bits per heavy atom. The smallest absolute Gasteiger partial charge is 0.124 e. The number of nitrogens with one attached hydrogen (secondary N) is 1. The van der Waals surface area contributed by atoms with Crippen LogP contribution in [0.4, 0.5) is 4.39 Å². The van der Waals surface area contributed by atoms with Crippen molar-refractivity contribution in [2.24, 2.45) is 0 Å². The fourth-order valence-corrected chi connectivity index (χ4v) is 3.95. The predicted octanol–water partition coefficient (Wildman–Crippen LogP) is 4.76. The molecule has 0 radical (unpaired) electrons. The van der Waals surface area contributed by atoms with E-state index in [1.165, 1.54) is 6.07 Å². The minimum absolute atomic E-state index is 0.0497. The number of thiophene rings is 1. The molecular weight excluding hydrogens is 384 g/mol. The quantitative estimate of drug-likeness (QED) is 0.739. The van der Waals surface area contributed by atoms with Gasteiger partial charge in [0.25, 0.3) is 0 Å². The monoisotopic (exact) mass is 395 g/mol. The first-order valence-corrected chi connectivity index (χ1v) is 7.68. The van der Waals surface area contributed by atoms with E-state index >= 15 is 0 Å². The molecule has 0 amide bonds. The van der Waals surface area contributed by atoms with Gasteiger partial charge in [0.1, 0.15) is 5.82 Å². The third kappa shape index (κ3) is 2.87. The fourth-order valence-electron chi connectivity index (χ4n) is 1.81. The van der Waals surface area contributed by atoms with Crippen molar-refractivity contribution in [2.75, 3.05) is 7.05 Å². The summed E-state index contributed by atoms with van der Waals surface area (Å²) in [7, 11) is 1.90. The molecular formula is C13H12ClFINS. The largest absolute Gasteiger partial charge is 0.309 e. The van der Waals surface area contributed by atoms with Gasteiger partial charge in [-0.05, 0) is 65.9 Å². The lowest BCUT2D eigenvalue weighted by molar-refractivity contribution is 0.622. The first kappa shape index (κ1) is 14.2. The van der Waals surface area contributed by atoms with Crippen molar-refractivity contribution in [3.05, 3.63) is 54.0 Å². The number of rotatable bonds is 3. The van der Waals surface area contributed by atoms with Gasteiger partial charge in [0.05, 0.1) is 10.4 Å². The molecule has 0 aliphatic rings. The lowest BCUT2D eigenvalue weighted by Gasteiger charge is -2.16. The SMILES string of the molecule is CNC(c1cc(C)c(Cl)s1)c1ccc(F)cc1I. The summed E-state index contributed by atoms with van der Waals surface area (Å²) in [6.07, 6.45) is 0. The van der Waals surface area contributed by atoms with Crippen molar-refractivity contribution in [2.45, 2.75) is 13.0 Å². The summed E-state index contributed by atoms with van der Waals surface area (Å²) in [5.41, 5.74) is 2.14. The lowest BCUT2D eigenvalue weighted by Crippen LogP contribution is -2.17. The van der Waals surface area contributed by atoms with Gasteiger partial charge in [-0.3, -0.25) is 0 Å². The van der Waals surface area contributed by atoms with Crippen LogP contribution in [0.2, 0.25) is 4.34 Å². The number of hydrogen-bond acceptors (Lipinski definition) is 2. The Bertz CT molecular complexity index is 551. The molecule has 1 aromatic carbocycles. The van der Waals surface area contributed by atoms with Crippen molar-refractivity contribution in [3.63, 3.8) is 0 Å². The van der Waals surface area contributed by atoms with Crippen LogP contribution in [0, 0.1) is 16.3 Å². The van der Waals surface area contributed by atoms with E-state index in [-0.39, 0.29) is 11.9 Å². The molecule has 1 atom stereocenters. The molecule has 0 fully saturated rings. The molecule has 2 aromatic rings.